The summed E-state index contributed by atoms with van der Waals surface area (Å²) in [6.45, 7) is 0. The van der Waals surface area contributed by atoms with Gasteiger partial charge in [-0.3, -0.25) is 0 Å². The Morgan fingerprint density at radius 1 is 0.400 bits per heavy atom. The maximum absolute atomic E-state index is 2.44. The van der Waals surface area contributed by atoms with Crippen LogP contribution in [0.4, 0.5) is 0 Å². The van der Waals surface area contributed by atoms with E-state index in [-0.39, 0.29) is 0 Å². The first kappa shape index (κ1) is 26.6. The Labute approximate surface area is 241 Å². The van der Waals surface area contributed by atoms with Crippen LogP contribution in [0.2, 0.25) is 0 Å². The van der Waals surface area contributed by atoms with E-state index in [4.69, 9.17) is 0 Å². The molecule has 0 unspecified atom stereocenters. The third kappa shape index (κ3) is 6.56. The van der Waals surface area contributed by atoms with Crippen LogP contribution in [0.5, 0.6) is 0 Å². The minimum absolute atomic E-state index is 0.672. The Hall–Kier alpha value is -3.64. The fourth-order valence-corrected chi connectivity index (χ4v) is 6.86. The second-order valence-electron chi connectivity index (χ2n) is 11.8. The summed E-state index contributed by atoms with van der Waals surface area (Å²) in [5.74, 6) is 1.34. The van der Waals surface area contributed by atoms with E-state index in [2.05, 4.69) is 121 Å². The van der Waals surface area contributed by atoms with Gasteiger partial charge >= 0.3 is 0 Å². The van der Waals surface area contributed by atoms with E-state index >= 15 is 0 Å². The average molecular weight is 523 g/mol. The molecular weight excluding hydrogens is 480 g/mol. The number of allylic oxidation sites excluding steroid dienone is 2. The summed E-state index contributed by atoms with van der Waals surface area (Å²) < 4.78 is 0. The molecule has 0 aromatic heterocycles. The van der Waals surface area contributed by atoms with E-state index in [1.165, 1.54) is 109 Å². The predicted molar refractivity (Wildman–Crippen MR) is 174 cm³/mol. The highest BCUT2D eigenvalue weighted by molar-refractivity contribution is 5.84. The molecule has 4 aromatic carbocycles. The highest BCUT2D eigenvalue weighted by Crippen LogP contribution is 2.38. The molecule has 202 valence electrons. The lowest BCUT2D eigenvalue weighted by Crippen LogP contribution is -2.08. The van der Waals surface area contributed by atoms with Crippen LogP contribution in [0.15, 0.2) is 109 Å². The zero-order chi connectivity index (χ0) is 27.0. The van der Waals surface area contributed by atoms with Gasteiger partial charge in [0, 0.05) is 0 Å². The molecule has 0 nitrogen and oxygen atoms in total. The van der Waals surface area contributed by atoms with Crippen LogP contribution < -0.4 is 0 Å². The van der Waals surface area contributed by atoms with Crippen molar-refractivity contribution in [2.24, 2.45) is 11.8 Å². The predicted octanol–water partition coefficient (Wildman–Crippen LogP) is 11.6. The van der Waals surface area contributed by atoms with Gasteiger partial charge in [0.25, 0.3) is 0 Å². The summed E-state index contributed by atoms with van der Waals surface area (Å²) in [4.78, 5) is 0. The maximum atomic E-state index is 2.44. The molecule has 0 heteroatoms. The van der Waals surface area contributed by atoms with E-state index in [0.717, 1.165) is 0 Å². The molecule has 0 heterocycles. The van der Waals surface area contributed by atoms with Gasteiger partial charge in [-0.2, -0.15) is 0 Å². The van der Waals surface area contributed by atoms with Gasteiger partial charge in [-0.1, -0.05) is 160 Å². The van der Waals surface area contributed by atoms with Crippen molar-refractivity contribution in [2.75, 3.05) is 0 Å². The maximum Gasteiger partial charge on any atom is -0.0156 e. The van der Waals surface area contributed by atoms with Gasteiger partial charge in [-0.15, -0.1) is 0 Å². The van der Waals surface area contributed by atoms with Crippen molar-refractivity contribution in [3.05, 3.63) is 131 Å². The molecule has 0 N–H and O–H groups in total. The number of hydrogen-bond acceptors (Lipinski definition) is 0. The van der Waals surface area contributed by atoms with Crippen molar-refractivity contribution in [3.63, 3.8) is 0 Å². The third-order valence-corrected chi connectivity index (χ3v) is 9.10. The van der Waals surface area contributed by atoms with Crippen molar-refractivity contribution in [3.8, 4) is 11.1 Å². The van der Waals surface area contributed by atoms with E-state index in [1.54, 1.807) is 0 Å². The van der Waals surface area contributed by atoms with Crippen LogP contribution in [-0.2, 0) is 0 Å². The fourth-order valence-electron chi connectivity index (χ4n) is 6.86. The molecule has 6 rings (SSSR count). The Morgan fingerprint density at radius 3 is 1.10 bits per heavy atom. The van der Waals surface area contributed by atoms with Crippen LogP contribution in [0.1, 0.15) is 86.5 Å². The summed E-state index contributed by atoms with van der Waals surface area (Å²) >= 11 is 0. The molecular formula is C40H42. The lowest BCUT2D eigenvalue weighted by Gasteiger charge is -2.25. The first-order valence-electron chi connectivity index (χ1n) is 15.6. The number of rotatable bonds is 7. The highest BCUT2D eigenvalue weighted by Gasteiger charge is 2.20. The molecule has 2 aliphatic carbocycles. The molecule has 0 radical (unpaired) electrons. The second kappa shape index (κ2) is 13.1. The van der Waals surface area contributed by atoms with Crippen LogP contribution in [0.25, 0.3) is 34.4 Å². The van der Waals surface area contributed by atoms with Crippen molar-refractivity contribution in [2.45, 2.75) is 64.2 Å². The number of hydrogen-bond donors (Lipinski definition) is 0. The summed E-state index contributed by atoms with van der Waals surface area (Å²) in [5, 5.41) is 0. The van der Waals surface area contributed by atoms with E-state index < -0.39 is 0 Å². The Balaban J connectivity index is 1.23. The van der Waals surface area contributed by atoms with Crippen LogP contribution >= 0.6 is 0 Å². The van der Waals surface area contributed by atoms with E-state index in [9.17, 15) is 0 Å². The molecule has 0 bridgehead atoms. The van der Waals surface area contributed by atoms with E-state index in [0.29, 0.717) is 11.8 Å². The molecule has 4 aromatic rings. The molecule has 0 saturated heterocycles. The normalized spacial score (nSPS) is 17.6. The Morgan fingerprint density at radius 2 is 0.750 bits per heavy atom. The summed E-state index contributed by atoms with van der Waals surface area (Å²) in [5.41, 5.74) is 10.9. The first-order valence-corrected chi connectivity index (χ1v) is 15.6. The van der Waals surface area contributed by atoms with Gasteiger partial charge in [-0.25, -0.2) is 0 Å². The van der Waals surface area contributed by atoms with Gasteiger partial charge in [0.1, 0.15) is 0 Å². The summed E-state index contributed by atoms with van der Waals surface area (Å²) in [6, 6.07) is 40.4. The summed E-state index contributed by atoms with van der Waals surface area (Å²) in [7, 11) is 0. The SMILES string of the molecule is C(=C(c1ccccc1)C1CCCCC1)c1ccc(-c2ccc(C=C(c3ccccc3)C3CCCCC3)cc2)cc1. The Kier molecular flexibility index (Phi) is 8.73. The minimum atomic E-state index is 0.672. The van der Waals surface area contributed by atoms with E-state index in [1.807, 2.05) is 0 Å². The molecule has 40 heavy (non-hydrogen) atoms. The van der Waals surface area contributed by atoms with Gasteiger partial charge < -0.3 is 0 Å². The molecule has 2 saturated carbocycles. The molecule has 0 aliphatic heterocycles. The quantitative estimate of drug-likeness (QED) is 0.212. The Bertz CT molecular complexity index is 1280. The van der Waals surface area contributed by atoms with Gasteiger partial charge in [0.2, 0.25) is 0 Å². The lowest BCUT2D eigenvalue weighted by molar-refractivity contribution is 0.430. The highest BCUT2D eigenvalue weighted by atomic mass is 14.2. The first-order chi connectivity index (χ1) is 19.8. The molecule has 0 amide bonds. The minimum Gasteiger partial charge on any atom is -0.0622 e. The molecule has 2 aliphatic rings. The van der Waals surface area contributed by atoms with Crippen molar-refractivity contribution >= 4 is 23.3 Å². The lowest BCUT2D eigenvalue weighted by atomic mass is 9.80. The molecule has 2 fully saturated rings. The van der Waals surface area contributed by atoms with Gasteiger partial charge in [0.05, 0.1) is 0 Å². The largest absolute Gasteiger partial charge is 0.0622 e. The smallest absolute Gasteiger partial charge is 0.0156 e. The average Bonchev–Trinajstić information content (AvgIpc) is 3.05. The third-order valence-electron chi connectivity index (χ3n) is 9.10. The molecule has 0 spiro atoms. The zero-order valence-corrected chi connectivity index (χ0v) is 23.8. The van der Waals surface area contributed by atoms with Crippen molar-refractivity contribution in [1.82, 2.24) is 0 Å². The van der Waals surface area contributed by atoms with Crippen molar-refractivity contribution < 1.29 is 0 Å². The molecule has 0 atom stereocenters. The zero-order valence-electron chi connectivity index (χ0n) is 23.8. The standard InChI is InChI=1S/C40H42/c1-5-13-35(14-6-1)39(36-15-7-2-8-16-36)29-31-21-25-33(26-22-31)34-27-23-32(24-28-34)30-40(37-17-9-3-10-18-37)38-19-11-4-12-20-38/h1,3,5-6,9-10,13-14,17-18,21-30,36,38H,2,4,7-8,11-12,15-16,19-20H2. The van der Waals surface area contributed by atoms with Gasteiger partial charge in [-0.05, 0) is 82.0 Å². The monoisotopic (exact) mass is 522 g/mol. The summed E-state index contributed by atoms with van der Waals surface area (Å²) in [6.07, 6.45) is 18.3. The van der Waals surface area contributed by atoms with Crippen LogP contribution in [0.3, 0.4) is 0 Å². The topological polar surface area (TPSA) is 0 Å². The number of benzene rings is 4. The fraction of sp³-hybridized carbons (Fsp3) is 0.300. The van der Waals surface area contributed by atoms with Crippen molar-refractivity contribution in [1.29, 1.82) is 0 Å². The van der Waals surface area contributed by atoms with Crippen LogP contribution in [0, 0.1) is 11.8 Å². The second-order valence-corrected chi connectivity index (χ2v) is 11.8. The van der Waals surface area contributed by atoms with Gasteiger partial charge in [0.15, 0.2) is 0 Å². The van der Waals surface area contributed by atoms with Crippen LogP contribution in [-0.4, -0.2) is 0 Å².